The molecule has 0 aliphatic carbocycles. The highest BCUT2D eigenvalue weighted by molar-refractivity contribution is 5.87. The Hall–Kier alpha value is -1.39. The number of nitrogens with zero attached hydrogens (tertiary/aromatic N) is 1. The molecule has 2 aliphatic heterocycles. The summed E-state index contributed by atoms with van der Waals surface area (Å²) in [6.45, 7) is 2.54. The predicted molar refractivity (Wildman–Crippen MR) is 72.7 cm³/mol. The minimum atomic E-state index is -0.786. The van der Waals surface area contributed by atoms with Gasteiger partial charge in [-0.05, 0) is 18.4 Å². The minimum absolute atomic E-state index is 0.0587. The van der Waals surface area contributed by atoms with E-state index in [2.05, 4.69) is 24.3 Å². The smallest absolute Gasteiger partial charge is 0.245 e. The lowest BCUT2D eigenvalue weighted by molar-refractivity contribution is -0.135. The summed E-state index contributed by atoms with van der Waals surface area (Å²) in [4.78, 5) is 14.4. The molecule has 0 radical (unpaired) electrons. The van der Waals surface area contributed by atoms with E-state index >= 15 is 0 Å². The van der Waals surface area contributed by atoms with Crippen molar-refractivity contribution in [3.63, 3.8) is 0 Å². The number of likely N-dealkylation sites (tertiary alicyclic amines) is 1. The molecule has 2 heterocycles. The summed E-state index contributed by atoms with van der Waals surface area (Å²) >= 11 is 0. The normalized spacial score (nSPS) is 30.8. The number of rotatable bonds is 2. The Morgan fingerprint density at radius 3 is 2.84 bits per heavy atom. The van der Waals surface area contributed by atoms with E-state index in [1.165, 1.54) is 5.56 Å². The fourth-order valence-electron chi connectivity index (χ4n) is 3.01. The number of nitrogens with two attached hydrogens (primary N) is 1. The van der Waals surface area contributed by atoms with E-state index in [1.54, 1.807) is 0 Å². The van der Waals surface area contributed by atoms with E-state index in [1.807, 2.05) is 11.0 Å². The first-order valence-electron chi connectivity index (χ1n) is 6.90. The number of ether oxygens (including phenoxy) is 1. The second-order valence-corrected chi connectivity index (χ2v) is 5.61. The molecule has 2 saturated heterocycles. The minimum Gasteiger partial charge on any atom is -0.379 e. The van der Waals surface area contributed by atoms with Crippen LogP contribution in [0.15, 0.2) is 30.3 Å². The lowest BCUT2D eigenvalue weighted by Crippen LogP contribution is -2.55. The van der Waals surface area contributed by atoms with E-state index in [0.29, 0.717) is 25.6 Å². The first kappa shape index (κ1) is 12.6. The van der Waals surface area contributed by atoms with Crippen LogP contribution in [-0.4, -0.2) is 42.6 Å². The molecule has 2 N–H and O–H groups in total. The van der Waals surface area contributed by atoms with E-state index in [4.69, 9.17) is 10.5 Å². The molecule has 2 fully saturated rings. The average molecular weight is 260 g/mol. The van der Waals surface area contributed by atoms with Crippen molar-refractivity contribution < 1.29 is 9.53 Å². The first-order chi connectivity index (χ1) is 9.19. The SMILES string of the molecule is NC1(C(=O)N2CCC(c3ccccc3)C2)CCOC1. The Balaban J connectivity index is 1.67. The van der Waals surface area contributed by atoms with E-state index in [-0.39, 0.29) is 5.91 Å². The van der Waals surface area contributed by atoms with Crippen molar-refractivity contribution in [2.75, 3.05) is 26.3 Å². The number of benzene rings is 1. The second kappa shape index (κ2) is 4.94. The summed E-state index contributed by atoms with van der Waals surface area (Å²) in [6, 6.07) is 10.4. The Labute approximate surface area is 113 Å². The first-order valence-corrected chi connectivity index (χ1v) is 6.90. The molecule has 1 aromatic carbocycles. The van der Waals surface area contributed by atoms with Crippen molar-refractivity contribution in [3.8, 4) is 0 Å². The monoisotopic (exact) mass is 260 g/mol. The van der Waals surface area contributed by atoms with Crippen molar-refractivity contribution >= 4 is 5.91 Å². The lowest BCUT2D eigenvalue weighted by Gasteiger charge is -2.27. The lowest BCUT2D eigenvalue weighted by atomic mass is 9.97. The molecule has 0 saturated carbocycles. The second-order valence-electron chi connectivity index (χ2n) is 5.61. The van der Waals surface area contributed by atoms with Gasteiger partial charge < -0.3 is 15.4 Å². The van der Waals surface area contributed by atoms with Gasteiger partial charge in [0, 0.05) is 25.6 Å². The van der Waals surface area contributed by atoms with Crippen LogP contribution in [0.4, 0.5) is 0 Å². The molecule has 0 bridgehead atoms. The van der Waals surface area contributed by atoms with Gasteiger partial charge in [-0.1, -0.05) is 30.3 Å². The molecule has 1 aromatic rings. The quantitative estimate of drug-likeness (QED) is 0.867. The molecule has 102 valence electrons. The Bertz CT molecular complexity index is 454. The van der Waals surface area contributed by atoms with Crippen molar-refractivity contribution in [2.45, 2.75) is 24.3 Å². The van der Waals surface area contributed by atoms with Crippen LogP contribution in [0, 0.1) is 0 Å². The van der Waals surface area contributed by atoms with Crippen LogP contribution in [0.2, 0.25) is 0 Å². The fourth-order valence-corrected chi connectivity index (χ4v) is 3.01. The summed E-state index contributed by atoms with van der Waals surface area (Å²) in [7, 11) is 0. The van der Waals surface area contributed by atoms with Crippen molar-refractivity contribution in [3.05, 3.63) is 35.9 Å². The summed E-state index contributed by atoms with van der Waals surface area (Å²) < 4.78 is 5.28. The van der Waals surface area contributed by atoms with Crippen molar-refractivity contribution in [1.82, 2.24) is 4.90 Å². The summed E-state index contributed by atoms with van der Waals surface area (Å²) in [5, 5.41) is 0. The maximum absolute atomic E-state index is 12.5. The van der Waals surface area contributed by atoms with Crippen LogP contribution in [-0.2, 0) is 9.53 Å². The van der Waals surface area contributed by atoms with Gasteiger partial charge in [0.25, 0.3) is 0 Å². The van der Waals surface area contributed by atoms with Gasteiger partial charge in [-0.25, -0.2) is 0 Å². The van der Waals surface area contributed by atoms with Crippen LogP contribution < -0.4 is 5.73 Å². The third kappa shape index (κ3) is 2.38. The van der Waals surface area contributed by atoms with Gasteiger partial charge >= 0.3 is 0 Å². The predicted octanol–water partition coefficient (Wildman–Crippen LogP) is 1.12. The highest BCUT2D eigenvalue weighted by atomic mass is 16.5. The zero-order valence-electron chi connectivity index (χ0n) is 11.0. The van der Waals surface area contributed by atoms with Gasteiger partial charge in [0.05, 0.1) is 6.61 Å². The summed E-state index contributed by atoms with van der Waals surface area (Å²) in [5.41, 5.74) is 6.68. The van der Waals surface area contributed by atoms with Gasteiger partial charge in [0.1, 0.15) is 5.54 Å². The molecule has 2 atom stereocenters. The maximum atomic E-state index is 12.5. The molecule has 1 amide bonds. The van der Waals surface area contributed by atoms with Gasteiger partial charge in [-0.3, -0.25) is 4.79 Å². The van der Waals surface area contributed by atoms with Gasteiger partial charge in [0.2, 0.25) is 5.91 Å². The molecule has 19 heavy (non-hydrogen) atoms. The van der Waals surface area contributed by atoms with Crippen LogP contribution in [0.5, 0.6) is 0 Å². The largest absolute Gasteiger partial charge is 0.379 e. The Morgan fingerprint density at radius 2 is 2.16 bits per heavy atom. The van der Waals surface area contributed by atoms with Crippen molar-refractivity contribution in [2.24, 2.45) is 5.73 Å². The third-order valence-electron chi connectivity index (χ3n) is 4.22. The third-order valence-corrected chi connectivity index (χ3v) is 4.22. The highest BCUT2D eigenvalue weighted by Gasteiger charge is 2.42. The van der Waals surface area contributed by atoms with E-state index in [0.717, 1.165) is 19.5 Å². The van der Waals surface area contributed by atoms with Crippen LogP contribution in [0.1, 0.15) is 24.3 Å². The van der Waals surface area contributed by atoms with Crippen LogP contribution in [0.25, 0.3) is 0 Å². The molecule has 4 heteroatoms. The zero-order valence-corrected chi connectivity index (χ0v) is 11.0. The van der Waals surface area contributed by atoms with Gasteiger partial charge in [-0.15, -0.1) is 0 Å². The number of hydrogen-bond acceptors (Lipinski definition) is 3. The average Bonchev–Trinajstić information content (AvgIpc) is 3.09. The molecular weight excluding hydrogens is 240 g/mol. The fraction of sp³-hybridized carbons (Fsp3) is 0.533. The molecule has 0 aromatic heterocycles. The molecule has 3 rings (SSSR count). The number of carbonyl (C=O) groups is 1. The Morgan fingerprint density at radius 1 is 1.37 bits per heavy atom. The molecular formula is C15H20N2O2. The Kier molecular flexibility index (Phi) is 3.29. The van der Waals surface area contributed by atoms with Crippen molar-refractivity contribution in [1.29, 1.82) is 0 Å². The number of hydrogen-bond donors (Lipinski definition) is 1. The summed E-state index contributed by atoms with van der Waals surface area (Å²) in [6.07, 6.45) is 1.66. The van der Waals surface area contributed by atoms with Crippen LogP contribution >= 0.6 is 0 Å². The van der Waals surface area contributed by atoms with E-state index < -0.39 is 5.54 Å². The highest BCUT2D eigenvalue weighted by Crippen LogP contribution is 2.29. The standard InChI is InChI=1S/C15H20N2O2/c16-15(7-9-19-11-15)14(18)17-8-6-13(10-17)12-4-2-1-3-5-12/h1-5,13H,6-11,16H2. The molecule has 0 spiro atoms. The molecule has 2 unspecified atom stereocenters. The van der Waals surface area contributed by atoms with Gasteiger partial charge in [-0.2, -0.15) is 0 Å². The molecule has 4 nitrogen and oxygen atoms in total. The number of amides is 1. The van der Waals surface area contributed by atoms with Crippen LogP contribution in [0.3, 0.4) is 0 Å². The topological polar surface area (TPSA) is 55.6 Å². The molecule has 2 aliphatic rings. The maximum Gasteiger partial charge on any atom is 0.245 e. The summed E-state index contributed by atoms with van der Waals surface area (Å²) in [5.74, 6) is 0.500. The van der Waals surface area contributed by atoms with Gasteiger partial charge in [0.15, 0.2) is 0 Å². The van der Waals surface area contributed by atoms with E-state index in [9.17, 15) is 4.79 Å². The number of carbonyl (C=O) groups excluding carboxylic acids is 1. The zero-order chi connectivity index (χ0) is 13.3.